The lowest BCUT2D eigenvalue weighted by Gasteiger charge is -2.19. The summed E-state index contributed by atoms with van der Waals surface area (Å²) in [6.45, 7) is 5.33. The van der Waals surface area contributed by atoms with Gasteiger partial charge in [0.05, 0.1) is 21.4 Å². The van der Waals surface area contributed by atoms with Gasteiger partial charge in [0.25, 0.3) is 0 Å². The van der Waals surface area contributed by atoms with Crippen molar-refractivity contribution in [1.29, 1.82) is 0 Å². The van der Waals surface area contributed by atoms with E-state index in [0.29, 0.717) is 26.9 Å². The average molecular weight is 430 g/mol. The van der Waals surface area contributed by atoms with Crippen molar-refractivity contribution in [3.63, 3.8) is 0 Å². The molecule has 0 heterocycles. The largest absolute Gasteiger partial charge is 0.456 e. The number of aryl methyl sites for hydroxylation is 1. The van der Waals surface area contributed by atoms with Gasteiger partial charge in [0.2, 0.25) is 10.0 Å². The highest BCUT2D eigenvalue weighted by Gasteiger charge is 2.18. The lowest BCUT2D eigenvalue weighted by atomic mass is 10.1. The molecule has 5 nitrogen and oxygen atoms in total. The predicted molar refractivity (Wildman–Crippen MR) is 109 cm³/mol. The van der Waals surface area contributed by atoms with Crippen LogP contribution in [0, 0.1) is 0 Å². The number of benzene rings is 2. The quantitative estimate of drug-likeness (QED) is 0.660. The van der Waals surface area contributed by atoms with Gasteiger partial charge in [-0.25, -0.2) is 13.2 Å². The zero-order valence-corrected chi connectivity index (χ0v) is 17.6. The second-order valence-electron chi connectivity index (χ2n) is 6.96. The van der Waals surface area contributed by atoms with E-state index in [-0.39, 0.29) is 12.2 Å². The minimum Gasteiger partial charge on any atom is -0.456 e. The molecule has 0 aromatic heterocycles. The van der Waals surface area contributed by atoms with Crippen LogP contribution in [0.2, 0.25) is 10.0 Å². The van der Waals surface area contributed by atoms with E-state index in [2.05, 4.69) is 4.72 Å². The number of carbonyl (C=O) groups excluding carboxylic acids is 1. The van der Waals surface area contributed by atoms with E-state index in [0.717, 1.165) is 0 Å². The van der Waals surface area contributed by atoms with Crippen LogP contribution in [0.15, 0.2) is 42.5 Å². The van der Waals surface area contributed by atoms with Crippen molar-refractivity contribution in [3.05, 3.63) is 63.6 Å². The lowest BCUT2D eigenvalue weighted by Crippen LogP contribution is -2.24. The molecule has 0 bridgehead atoms. The Bertz CT molecular complexity index is 920. The van der Waals surface area contributed by atoms with Crippen molar-refractivity contribution in [3.8, 4) is 0 Å². The van der Waals surface area contributed by atoms with Crippen LogP contribution in [0.25, 0.3) is 0 Å². The first-order chi connectivity index (χ1) is 12.5. The van der Waals surface area contributed by atoms with Crippen LogP contribution >= 0.6 is 23.2 Å². The Morgan fingerprint density at radius 2 is 1.70 bits per heavy atom. The number of anilines is 1. The molecule has 146 valence electrons. The average Bonchev–Trinajstić information content (AvgIpc) is 2.55. The third-order valence-corrected chi connectivity index (χ3v) is 5.61. The fraction of sp³-hybridized carbons (Fsp3) is 0.316. The fourth-order valence-electron chi connectivity index (χ4n) is 2.23. The summed E-state index contributed by atoms with van der Waals surface area (Å²) in [5.74, 6) is -0.617. The normalized spacial score (nSPS) is 11.9. The Hall–Kier alpha value is -1.76. The third kappa shape index (κ3) is 6.72. The zero-order valence-electron chi connectivity index (χ0n) is 15.3. The summed E-state index contributed by atoms with van der Waals surface area (Å²) < 4.78 is 32.3. The summed E-state index contributed by atoms with van der Waals surface area (Å²) in [6.07, 6.45) is 0.227. The molecule has 0 unspecified atom stereocenters. The summed E-state index contributed by atoms with van der Waals surface area (Å²) in [5, 5.41) is 0.744. The first-order valence-corrected chi connectivity index (χ1v) is 10.6. The number of halogens is 2. The minimum absolute atomic E-state index is 0.152. The van der Waals surface area contributed by atoms with Gasteiger partial charge in [-0.15, -0.1) is 0 Å². The summed E-state index contributed by atoms with van der Waals surface area (Å²) in [7, 11) is -3.59. The van der Waals surface area contributed by atoms with Gasteiger partial charge in [-0.1, -0.05) is 35.3 Å². The maximum Gasteiger partial charge on any atom is 0.338 e. The molecule has 0 saturated carbocycles. The van der Waals surface area contributed by atoms with Crippen LogP contribution in [0.5, 0.6) is 0 Å². The number of carbonyl (C=O) groups is 1. The molecule has 0 fully saturated rings. The molecule has 0 saturated heterocycles. The highest BCUT2D eigenvalue weighted by Crippen LogP contribution is 2.26. The number of hydrogen-bond acceptors (Lipinski definition) is 4. The van der Waals surface area contributed by atoms with E-state index >= 15 is 0 Å². The molecule has 2 rings (SSSR count). The molecular weight excluding hydrogens is 409 g/mol. The van der Waals surface area contributed by atoms with Crippen molar-refractivity contribution in [2.45, 2.75) is 32.8 Å². The molecule has 0 aliphatic heterocycles. The van der Waals surface area contributed by atoms with Gasteiger partial charge in [0, 0.05) is 5.69 Å². The molecule has 0 radical (unpaired) electrons. The molecule has 1 N–H and O–H groups in total. The van der Waals surface area contributed by atoms with Crippen molar-refractivity contribution < 1.29 is 17.9 Å². The maximum absolute atomic E-state index is 12.3. The summed E-state index contributed by atoms with van der Waals surface area (Å²) in [6, 6.07) is 11.2. The van der Waals surface area contributed by atoms with Crippen molar-refractivity contribution >= 4 is 44.9 Å². The number of hydrogen-bond donors (Lipinski definition) is 1. The monoisotopic (exact) mass is 429 g/mol. The molecule has 0 amide bonds. The SMILES string of the molecule is CC(C)(C)OC(=O)c1ccc(NS(=O)(=O)CCc2cccc(Cl)c2Cl)cc1. The molecule has 0 atom stereocenters. The molecule has 0 aliphatic carbocycles. The number of ether oxygens (including phenoxy) is 1. The third-order valence-electron chi connectivity index (χ3n) is 3.46. The Morgan fingerprint density at radius 1 is 1.07 bits per heavy atom. The predicted octanol–water partition coefficient (Wildman–Crippen LogP) is 4.93. The smallest absolute Gasteiger partial charge is 0.338 e. The van der Waals surface area contributed by atoms with Crippen LogP contribution in [0.4, 0.5) is 5.69 Å². The summed E-state index contributed by atoms with van der Waals surface area (Å²) >= 11 is 12.0. The van der Waals surface area contributed by atoms with E-state index in [9.17, 15) is 13.2 Å². The first-order valence-electron chi connectivity index (χ1n) is 8.24. The van der Waals surface area contributed by atoms with Gasteiger partial charge in [-0.05, 0) is 63.1 Å². The van der Waals surface area contributed by atoms with Crippen molar-refractivity contribution in [2.24, 2.45) is 0 Å². The van der Waals surface area contributed by atoms with Gasteiger partial charge in [0.15, 0.2) is 0 Å². The molecular formula is C19H21Cl2NO4S. The van der Waals surface area contributed by atoms with Gasteiger partial charge in [0.1, 0.15) is 5.60 Å². The second kappa shape index (κ2) is 8.50. The van der Waals surface area contributed by atoms with Crippen LogP contribution < -0.4 is 4.72 Å². The topological polar surface area (TPSA) is 72.5 Å². The Morgan fingerprint density at radius 3 is 2.30 bits per heavy atom. The van der Waals surface area contributed by atoms with E-state index in [1.54, 1.807) is 39.0 Å². The highest BCUT2D eigenvalue weighted by atomic mass is 35.5. The van der Waals surface area contributed by atoms with E-state index in [1.807, 2.05) is 0 Å². The fourth-order valence-corrected chi connectivity index (χ4v) is 3.73. The Kier molecular flexibility index (Phi) is 6.78. The van der Waals surface area contributed by atoms with Gasteiger partial charge in [-0.3, -0.25) is 4.72 Å². The number of esters is 1. The van der Waals surface area contributed by atoms with E-state index in [1.165, 1.54) is 24.3 Å². The lowest BCUT2D eigenvalue weighted by molar-refractivity contribution is 0.00695. The standard InChI is InChI=1S/C19H21Cl2NO4S/c1-19(2,3)26-18(23)14-7-9-15(10-8-14)22-27(24,25)12-11-13-5-4-6-16(20)17(13)21/h4-10,22H,11-12H2,1-3H3. The number of sulfonamides is 1. The zero-order chi connectivity index (χ0) is 20.2. The minimum atomic E-state index is -3.59. The summed E-state index contributed by atoms with van der Waals surface area (Å²) in [4.78, 5) is 12.0. The van der Waals surface area contributed by atoms with Crippen LogP contribution in [0.1, 0.15) is 36.7 Å². The van der Waals surface area contributed by atoms with Crippen LogP contribution in [-0.4, -0.2) is 25.7 Å². The molecule has 0 spiro atoms. The molecule has 2 aromatic rings. The van der Waals surface area contributed by atoms with Gasteiger partial charge >= 0.3 is 5.97 Å². The highest BCUT2D eigenvalue weighted by molar-refractivity contribution is 7.92. The Labute approximate surface area is 169 Å². The maximum atomic E-state index is 12.3. The van der Waals surface area contributed by atoms with Crippen molar-refractivity contribution in [2.75, 3.05) is 10.5 Å². The van der Waals surface area contributed by atoms with Gasteiger partial charge < -0.3 is 4.74 Å². The Balaban J connectivity index is 2.01. The van der Waals surface area contributed by atoms with Crippen LogP contribution in [-0.2, 0) is 21.2 Å². The molecule has 0 aliphatic rings. The molecule has 2 aromatic carbocycles. The van der Waals surface area contributed by atoms with Crippen LogP contribution in [0.3, 0.4) is 0 Å². The van der Waals surface area contributed by atoms with E-state index in [4.69, 9.17) is 27.9 Å². The molecule has 8 heteroatoms. The second-order valence-corrected chi connectivity index (χ2v) is 9.59. The van der Waals surface area contributed by atoms with E-state index < -0.39 is 21.6 Å². The first kappa shape index (κ1) is 21.5. The van der Waals surface area contributed by atoms with Crippen molar-refractivity contribution in [1.82, 2.24) is 0 Å². The number of rotatable bonds is 6. The molecule has 27 heavy (non-hydrogen) atoms. The number of nitrogens with one attached hydrogen (secondary N) is 1. The summed E-state index contributed by atoms with van der Waals surface area (Å²) in [5.41, 5.74) is 0.770. The van der Waals surface area contributed by atoms with Gasteiger partial charge in [-0.2, -0.15) is 0 Å².